The van der Waals surface area contributed by atoms with Crippen LogP contribution in [0, 0.1) is 0 Å². The summed E-state index contributed by atoms with van der Waals surface area (Å²) in [5.41, 5.74) is 18.9. The van der Waals surface area contributed by atoms with E-state index < -0.39 is 0 Å². The Labute approximate surface area is 290 Å². The number of anilines is 3. The summed E-state index contributed by atoms with van der Waals surface area (Å²) in [6, 6.07) is 60.5. The second-order valence-electron chi connectivity index (χ2n) is 14.6. The van der Waals surface area contributed by atoms with E-state index in [1.807, 2.05) is 0 Å². The van der Waals surface area contributed by atoms with Crippen molar-refractivity contribution >= 4 is 17.1 Å². The summed E-state index contributed by atoms with van der Waals surface area (Å²) < 4.78 is 0. The molecule has 1 heteroatoms. The normalized spacial score (nSPS) is 14.8. The predicted octanol–water partition coefficient (Wildman–Crippen LogP) is 13.1. The van der Waals surface area contributed by atoms with E-state index in [4.69, 9.17) is 0 Å². The fraction of sp³-hybridized carbons (Fsp3) is 0.125. The highest BCUT2D eigenvalue weighted by molar-refractivity contribution is 5.95. The third-order valence-corrected chi connectivity index (χ3v) is 11.0. The van der Waals surface area contributed by atoms with Gasteiger partial charge in [-0.25, -0.2) is 0 Å². The Kier molecular flexibility index (Phi) is 6.58. The summed E-state index contributed by atoms with van der Waals surface area (Å²) in [4.78, 5) is 2.56. The van der Waals surface area contributed by atoms with E-state index in [0.29, 0.717) is 0 Å². The van der Waals surface area contributed by atoms with Crippen LogP contribution < -0.4 is 4.90 Å². The van der Waals surface area contributed by atoms with Crippen LogP contribution in [-0.4, -0.2) is 0 Å². The van der Waals surface area contributed by atoms with Crippen LogP contribution in [-0.2, 0) is 10.8 Å². The Morgan fingerprint density at radius 2 is 0.714 bits per heavy atom. The van der Waals surface area contributed by atoms with Gasteiger partial charge in [-0.2, -0.15) is 0 Å². The third kappa shape index (κ3) is 4.60. The third-order valence-electron chi connectivity index (χ3n) is 11.0. The van der Waals surface area contributed by atoms with Gasteiger partial charge in [0.25, 0.3) is 0 Å². The maximum atomic E-state index is 2.56. The molecule has 0 amide bonds. The Bertz CT molecular complexity index is 2380. The summed E-state index contributed by atoms with van der Waals surface area (Å²) >= 11 is 0. The fourth-order valence-corrected chi connectivity index (χ4v) is 8.28. The van der Waals surface area contributed by atoms with Gasteiger partial charge in [-0.1, -0.05) is 149 Å². The molecule has 2 heterocycles. The number of hydrogen-bond acceptors (Lipinski definition) is 1. The predicted molar refractivity (Wildman–Crippen MR) is 207 cm³/mol. The van der Waals surface area contributed by atoms with Crippen molar-refractivity contribution in [3.63, 3.8) is 0 Å². The van der Waals surface area contributed by atoms with E-state index in [1.165, 1.54) is 83.8 Å². The fourth-order valence-electron chi connectivity index (χ4n) is 8.28. The van der Waals surface area contributed by atoms with Crippen molar-refractivity contribution in [1.82, 2.24) is 0 Å². The molecule has 0 aliphatic carbocycles. The molecular formula is C48H39N. The highest BCUT2D eigenvalue weighted by Gasteiger charge is 2.45. The van der Waals surface area contributed by atoms with Crippen LogP contribution in [0.5, 0.6) is 0 Å². The van der Waals surface area contributed by atoms with Crippen molar-refractivity contribution in [2.45, 2.75) is 38.5 Å². The molecule has 1 nitrogen and oxygen atoms in total. The monoisotopic (exact) mass is 629 g/mol. The molecule has 0 bridgehead atoms. The lowest BCUT2D eigenvalue weighted by molar-refractivity contribution is 0.598. The minimum atomic E-state index is -0.238. The first-order chi connectivity index (χ1) is 23.8. The summed E-state index contributed by atoms with van der Waals surface area (Å²) in [7, 11) is 0. The van der Waals surface area contributed by atoms with Crippen LogP contribution in [0.3, 0.4) is 0 Å². The molecule has 0 saturated carbocycles. The van der Waals surface area contributed by atoms with Gasteiger partial charge in [-0.05, 0) is 109 Å². The second kappa shape index (κ2) is 10.9. The van der Waals surface area contributed by atoms with Crippen LogP contribution in [0.15, 0.2) is 164 Å². The molecule has 0 saturated heterocycles. The maximum Gasteiger partial charge on any atom is 0.0544 e. The Balaban J connectivity index is 1.26. The molecule has 0 aromatic heterocycles. The lowest BCUT2D eigenvalue weighted by Gasteiger charge is -2.50. The topological polar surface area (TPSA) is 3.24 Å². The van der Waals surface area contributed by atoms with E-state index in [-0.39, 0.29) is 10.8 Å². The Hall–Kier alpha value is -5.66. The van der Waals surface area contributed by atoms with Gasteiger partial charge in [-0.15, -0.1) is 0 Å². The number of fused-ring (bicyclic) bond motifs is 4. The van der Waals surface area contributed by atoms with Crippen LogP contribution in [0.2, 0.25) is 0 Å². The summed E-state index contributed by atoms with van der Waals surface area (Å²) in [6.07, 6.45) is 0. The van der Waals surface area contributed by atoms with Crippen LogP contribution in [0.25, 0.3) is 44.5 Å². The minimum Gasteiger partial charge on any atom is -0.309 e. The number of para-hydroxylation sites is 1. The van der Waals surface area contributed by atoms with Gasteiger partial charge in [0, 0.05) is 10.8 Å². The molecule has 49 heavy (non-hydrogen) atoms. The zero-order chi connectivity index (χ0) is 33.3. The van der Waals surface area contributed by atoms with Gasteiger partial charge in [0.1, 0.15) is 0 Å². The average Bonchev–Trinajstić information content (AvgIpc) is 3.15. The van der Waals surface area contributed by atoms with E-state index in [0.717, 1.165) is 0 Å². The molecule has 2 aliphatic rings. The quantitative estimate of drug-likeness (QED) is 0.187. The highest BCUT2D eigenvalue weighted by Crippen LogP contribution is 2.61. The number of hydrogen-bond donors (Lipinski definition) is 0. The molecular weight excluding hydrogens is 591 g/mol. The van der Waals surface area contributed by atoms with E-state index >= 15 is 0 Å². The van der Waals surface area contributed by atoms with Gasteiger partial charge >= 0.3 is 0 Å². The Morgan fingerprint density at radius 3 is 1.31 bits per heavy atom. The molecule has 236 valence electrons. The van der Waals surface area contributed by atoms with Crippen molar-refractivity contribution in [2.75, 3.05) is 4.90 Å². The Morgan fingerprint density at radius 1 is 0.306 bits per heavy atom. The first-order valence-electron chi connectivity index (χ1n) is 17.4. The molecule has 0 spiro atoms. The van der Waals surface area contributed by atoms with Crippen molar-refractivity contribution in [3.8, 4) is 44.5 Å². The largest absolute Gasteiger partial charge is 0.309 e. The number of benzene rings is 7. The van der Waals surface area contributed by atoms with Gasteiger partial charge in [0.2, 0.25) is 0 Å². The van der Waals surface area contributed by atoms with Crippen molar-refractivity contribution in [3.05, 3.63) is 186 Å². The molecule has 9 rings (SSSR count). The van der Waals surface area contributed by atoms with E-state index in [1.54, 1.807) is 0 Å². The average molecular weight is 630 g/mol. The lowest BCUT2D eigenvalue weighted by Crippen LogP contribution is -2.38. The first-order valence-corrected chi connectivity index (χ1v) is 17.4. The lowest BCUT2D eigenvalue weighted by atomic mass is 9.65. The molecule has 0 atom stereocenters. The molecule has 0 radical (unpaired) electrons. The van der Waals surface area contributed by atoms with Gasteiger partial charge < -0.3 is 4.90 Å². The minimum absolute atomic E-state index is 0.171. The van der Waals surface area contributed by atoms with E-state index in [2.05, 4.69) is 196 Å². The van der Waals surface area contributed by atoms with E-state index in [9.17, 15) is 0 Å². The SMILES string of the molecule is CC1(C)c2ccccc2N2c3ccc(-c4cccc(-c5ccccc5)c4)cc3C(C)(C)c3cc(-c4cccc(-c5ccccc5)c4)cc1c32. The van der Waals surface area contributed by atoms with Gasteiger partial charge in [0.05, 0.1) is 17.1 Å². The van der Waals surface area contributed by atoms with Crippen LogP contribution in [0.4, 0.5) is 17.1 Å². The van der Waals surface area contributed by atoms with Crippen LogP contribution in [0.1, 0.15) is 49.9 Å². The van der Waals surface area contributed by atoms with Crippen molar-refractivity contribution in [2.24, 2.45) is 0 Å². The van der Waals surface area contributed by atoms with Crippen molar-refractivity contribution in [1.29, 1.82) is 0 Å². The summed E-state index contributed by atoms with van der Waals surface area (Å²) in [5, 5.41) is 0. The first kappa shape index (κ1) is 29.5. The summed E-state index contributed by atoms with van der Waals surface area (Å²) in [5.74, 6) is 0. The molecule has 0 N–H and O–H groups in total. The molecule has 7 aromatic carbocycles. The van der Waals surface area contributed by atoms with Crippen molar-refractivity contribution < 1.29 is 0 Å². The van der Waals surface area contributed by atoms with Crippen LogP contribution >= 0.6 is 0 Å². The summed E-state index contributed by atoms with van der Waals surface area (Å²) in [6.45, 7) is 9.63. The molecule has 0 unspecified atom stereocenters. The zero-order valence-corrected chi connectivity index (χ0v) is 28.5. The van der Waals surface area contributed by atoms with Gasteiger partial charge in [0.15, 0.2) is 0 Å². The standard InChI is InChI=1S/C48H39N/c1-47(2)40-23-11-12-24-44(40)49-45-26-25-38(36-21-13-19-34(27-36)32-15-7-5-8-16-32)29-41(45)48(3,4)43-31-39(30-42(47)46(43)49)37-22-14-20-35(28-37)33-17-9-6-10-18-33/h5-31H,1-4H3. The zero-order valence-electron chi connectivity index (χ0n) is 28.5. The number of rotatable bonds is 4. The molecule has 0 fully saturated rings. The van der Waals surface area contributed by atoms with Gasteiger partial charge in [-0.3, -0.25) is 0 Å². The maximum absolute atomic E-state index is 2.56. The second-order valence-corrected chi connectivity index (χ2v) is 14.6. The molecule has 2 aliphatic heterocycles. The smallest absolute Gasteiger partial charge is 0.0544 e. The highest BCUT2D eigenvalue weighted by atomic mass is 15.2. The molecule has 7 aromatic rings. The number of nitrogens with zero attached hydrogens (tertiary/aromatic N) is 1.